The van der Waals surface area contributed by atoms with E-state index in [0.717, 1.165) is 0 Å². The van der Waals surface area contributed by atoms with Crippen molar-refractivity contribution in [2.75, 3.05) is 7.11 Å². The Morgan fingerprint density at radius 3 is 2.52 bits per heavy atom. The van der Waals surface area contributed by atoms with Crippen LogP contribution < -0.4 is 10.1 Å². The van der Waals surface area contributed by atoms with Gasteiger partial charge in [-0.3, -0.25) is 4.79 Å². The zero-order valence-electron chi connectivity index (χ0n) is 12.4. The van der Waals surface area contributed by atoms with Crippen molar-refractivity contribution in [1.82, 2.24) is 5.32 Å². The molecule has 1 aromatic carbocycles. The molecule has 0 saturated heterocycles. The van der Waals surface area contributed by atoms with Crippen molar-refractivity contribution in [2.45, 2.75) is 32.7 Å². The van der Waals surface area contributed by atoms with E-state index >= 15 is 0 Å². The van der Waals surface area contributed by atoms with E-state index in [2.05, 4.69) is 5.32 Å². The molecule has 0 spiro atoms. The summed E-state index contributed by atoms with van der Waals surface area (Å²) in [5.41, 5.74) is 0.701. The monoisotopic (exact) mass is 313 g/mol. The van der Waals surface area contributed by atoms with Crippen molar-refractivity contribution in [3.63, 3.8) is 0 Å². The molecule has 0 aliphatic carbocycles. The van der Waals surface area contributed by atoms with Crippen molar-refractivity contribution in [1.29, 1.82) is 0 Å². The third kappa shape index (κ3) is 5.63. The Morgan fingerprint density at radius 2 is 2.05 bits per heavy atom. The molecule has 0 fully saturated rings. The van der Waals surface area contributed by atoms with Gasteiger partial charge in [-0.05, 0) is 30.0 Å². The smallest absolute Gasteiger partial charge is 0.326 e. The number of nitrogens with one attached hydrogen (secondary N) is 1. The molecule has 2 N–H and O–H groups in total. The quantitative estimate of drug-likeness (QED) is 0.811. The lowest BCUT2D eigenvalue weighted by Gasteiger charge is -2.16. The Bertz CT molecular complexity index is 516. The first-order valence-electron chi connectivity index (χ1n) is 6.68. The third-order valence-electron chi connectivity index (χ3n) is 2.92. The lowest BCUT2D eigenvalue weighted by atomic mass is 10.0. The highest BCUT2D eigenvalue weighted by atomic mass is 35.5. The molecule has 5 nitrogen and oxygen atoms in total. The van der Waals surface area contributed by atoms with Gasteiger partial charge >= 0.3 is 5.97 Å². The van der Waals surface area contributed by atoms with E-state index in [1.165, 1.54) is 7.11 Å². The molecule has 0 bridgehead atoms. The number of methoxy groups -OCH3 is 1. The predicted molar refractivity (Wildman–Crippen MR) is 80.7 cm³/mol. The van der Waals surface area contributed by atoms with Gasteiger partial charge in [0, 0.05) is 0 Å². The zero-order chi connectivity index (χ0) is 16.0. The third-order valence-corrected chi connectivity index (χ3v) is 3.22. The van der Waals surface area contributed by atoms with Gasteiger partial charge in [-0.15, -0.1) is 0 Å². The molecule has 0 aliphatic heterocycles. The van der Waals surface area contributed by atoms with Crippen molar-refractivity contribution in [3.05, 3.63) is 28.8 Å². The Labute approximate surface area is 129 Å². The first-order valence-corrected chi connectivity index (χ1v) is 7.05. The number of carboxylic acids is 1. The fourth-order valence-corrected chi connectivity index (χ4v) is 2.22. The minimum atomic E-state index is -1.02. The van der Waals surface area contributed by atoms with Crippen LogP contribution in [0.5, 0.6) is 5.75 Å². The van der Waals surface area contributed by atoms with E-state index in [9.17, 15) is 9.59 Å². The first kappa shape index (κ1) is 17.3. The molecule has 1 atom stereocenters. The minimum Gasteiger partial charge on any atom is -0.495 e. The number of carbonyl (C=O) groups excluding carboxylic acids is 1. The van der Waals surface area contributed by atoms with Crippen LogP contribution in [-0.4, -0.2) is 30.1 Å². The maximum absolute atomic E-state index is 11.9. The van der Waals surface area contributed by atoms with Crippen LogP contribution >= 0.6 is 11.6 Å². The lowest BCUT2D eigenvalue weighted by Crippen LogP contribution is -2.42. The SMILES string of the molecule is COc1ccc(CC(=O)N[C@@H](CC(C)C)C(=O)O)cc1Cl. The summed E-state index contributed by atoms with van der Waals surface area (Å²) >= 11 is 5.99. The molecule has 1 amide bonds. The Morgan fingerprint density at radius 1 is 1.38 bits per heavy atom. The van der Waals surface area contributed by atoms with Crippen molar-refractivity contribution in [3.8, 4) is 5.75 Å². The van der Waals surface area contributed by atoms with Gasteiger partial charge in [-0.2, -0.15) is 0 Å². The number of hydrogen-bond acceptors (Lipinski definition) is 3. The normalized spacial score (nSPS) is 12.0. The van der Waals surface area contributed by atoms with Crippen LogP contribution in [0.15, 0.2) is 18.2 Å². The van der Waals surface area contributed by atoms with Crippen LogP contribution in [0.2, 0.25) is 5.02 Å². The largest absolute Gasteiger partial charge is 0.495 e. The number of carboxylic acid groups (broad SMARTS) is 1. The molecule has 116 valence electrons. The minimum absolute atomic E-state index is 0.0750. The second-order valence-electron chi connectivity index (χ2n) is 5.23. The fraction of sp³-hybridized carbons (Fsp3) is 0.467. The summed E-state index contributed by atoms with van der Waals surface area (Å²) in [5.74, 6) is -0.653. The van der Waals surface area contributed by atoms with Gasteiger partial charge in [-0.1, -0.05) is 31.5 Å². The van der Waals surface area contributed by atoms with Crippen molar-refractivity contribution in [2.24, 2.45) is 5.92 Å². The second kappa shape index (κ2) is 7.88. The number of benzene rings is 1. The standard InChI is InChI=1S/C15H20ClNO4/c1-9(2)6-12(15(19)20)17-14(18)8-10-4-5-13(21-3)11(16)7-10/h4-5,7,9,12H,6,8H2,1-3H3,(H,17,18)(H,19,20)/t12-/m0/s1. The lowest BCUT2D eigenvalue weighted by molar-refractivity contribution is -0.142. The van der Waals surface area contributed by atoms with Gasteiger partial charge in [0.1, 0.15) is 11.8 Å². The second-order valence-corrected chi connectivity index (χ2v) is 5.64. The van der Waals surface area contributed by atoms with Crippen molar-refractivity contribution < 1.29 is 19.4 Å². The Hall–Kier alpha value is -1.75. The molecule has 1 rings (SSSR count). The van der Waals surface area contributed by atoms with Crippen LogP contribution in [0.1, 0.15) is 25.8 Å². The topological polar surface area (TPSA) is 75.6 Å². The molecule has 21 heavy (non-hydrogen) atoms. The Balaban J connectivity index is 2.67. The molecule has 0 saturated carbocycles. The van der Waals surface area contributed by atoms with Crippen LogP contribution in [0.4, 0.5) is 0 Å². The molecular formula is C15H20ClNO4. The highest BCUT2D eigenvalue weighted by molar-refractivity contribution is 6.32. The van der Waals surface area contributed by atoms with Gasteiger partial charge in [0.15, 0.2) is 0 Å². The predicted octanol–water partition coefficient (Wildman–Crippen LogP) is 2.51. The van der Waals surface area contributed by atoms with Gasteiger partial charge in [-0.25, -0.2) is 4.79 Å². The van der Waals surface area contributed by atoms with Gasteiger partial charge < -0.3 is 15.2 Å². The maximum atomic E-state index is 11.9. The number of carbonyl (C=O) groups is 2. The summed E-state index contributed by atoms with van der Waals surface area (Å²) in [6, 6.07) is 4.17. The van der Waals surface area contributed by atoms with E-state index < -0.39 is 12.0 Å². The van der Waals surface area contributed by atoms with Gasteiger partial charge in [0.2, 0.25) is 5.91 Å². The molecule has 0 aromatic heterocycles. The zero-order valence-corrected chi connectivity index (χ0v) is 13.1. The van der Waals surface area contributed by atoms with E-state index in [1.807, 2.05) is 13.8 Å². The van der Waals surface area contributed by atoms with Gasteiger partial charge in [0.25, 0.3) is 0 Å². The average Bonchev–Trinajstić information content (AvgIpc) is 2.37. The summed E-state index contributed by atoms with van der Waals surface area (Å²) < 4.78 is 5.03. The summed E-state index contributed by atoms with van der Waals surface area (Å²) in [6.07, 6.45) is 0.468. The maximum Gasteiger partial charge on any atom is 0.326 e. The highest BCUT2D eigenvalue weighted by Gasteiger charge is 2.21. The Kier molecular flexibility index (Phi) is 6.49. The molecule has 0 heterocycles. The average molecular weight is 314 g/mol. The van der Waals surface area contributed by atoms with Crippen LogP contribution in [-0.2, 0) is 16.0 Å². The van der Waals surface area contributed by atoms with E-state index in [1.54, 1.807) is 18.2 Å². The summed E-state index contributed by atoms with van der Waals surface area (Å²) in [7, 11) is 1.51. The molecule has 0 radical (unpaired) electrons. The number of rotatable bonds is 7. The fourth-order valence-electron chi connectivity index (χ4n) is 1.94. The molecule has 0 unspecified atom stereocenters. The molecule has 6 heteroatoms. The first-order chi connectivity index (χ1) is 9.83. The molecule has 0 aliphatic rings. The number of halogens is 1. The number of aliphatic carboxylic acids is 1. The van der Waals surface area contributed by atoms with Crippen molar-refractivity contribution >= 4 is 23.5 Å². The van der Waals surface area contributed by atoms with E-state index in [-0.39, 0.29) is 18.2 Å². The summed E-state index contributed by atoms with van der Waals surface area (Å²) in [5, 5.41) is 12.0. The van der Waals surface area contributed by atoms with E-state index in [4.69, 9.17) is 21.4 Å². The number of hydrogen-bond donors (Lipinski definition) is 2. The van der Waals surface area contributed by atoms with Gasteiger partial charge in [0.05, 0.1) is 18.6 Å². The van der Waals surface area contributed by atoms with Crippen LogP contribution in [0.25, 0.3) is 0 Å². The van der Waals surface area contributed by atoms with Crippen LogP contribution in [0.3, 0.4) is 0 Å². The molecular weight excluding hydrogens is 294 g/mol. The van der Waals surface area contributed by atoms with E-state index in [0.29, 0.717) is 22.8 Å². The number of ether oxygens (including phenoxy) is 1. The summed E-state index contributed by atoms with van der Waals surface area (Å²) in [4.78, 5) is 23.0. The summed E-state index contributed by atoms with van der Waals surface area (Å²) in [6.45, 7) is 3.82. The van der Waals surface area contributed by atoms with Crippen LogP contribution in [0, 0.1) is 5.92 Å². The number of amides is 1. The highest BCUT2D eigenvalue weighted by Crippen LogP contribution is 2.25. The molecule has 1 aromatic rings.